The van der Waals surface area contributed by atoms with Gasteiger partial charge in [-0.2, -0.15) is 5.10 Å². The largest absolute Gasteiger partial charge is 0.486 e. The molecular formula is C22H15Cl2FIN3O3. The fourth-order valence-electron chi connectivity index (χ4n) is 2.84. The van der Waals surface area contributed by atoms with E-state index in [4.69, 9.17) is 32.4 Å². The Hall–Kier alpha value is -2.56. The van der Waals surface area contributed by atoms with E-state index in [-0.39, 0.29) is 40.3 Å². The Morgan fingerprint density at radius 1 is 1.12 bits per heavy atom. The second-order valence-corrected chi connectivity index (χ2v) is 8.75. The van der Waals surface area contributed by atoms with Crippen LogP contribution in [0.4, 0.5) is 10.2 Å². The van der Waals surface area contributed by atoms with Gasteiger partial charge >= 0.3 is 0 Å². The van der Waals surface area contributed by atoms with Crippen molar-refractivity contribution in [3.8, 4) is 5.75 Å². The van der Waals surface area contributed by atoms with Crippen molar-refractivity contribution < 1.29 is 18.3 Å². The number of carbonyl (C=O) groups excluding carboxylic acids is 1. The number of nitrogens with zero attached hydrogens (tertiary/aromatic N) is 2. The molecule has 1 amide bonds. The molecule has 0 aliphatic carbocycles. The molecule has 4 rings (SSSR count). The van der Waals surface area contributed by atoms with Crippen molar-refractivity contribution in [2.45, 2.75) is 13.2 Å². The first kappa shape index (κ1) is 22.6. The number of carbonyl (C=O) groups is 1. The number of hydrogen-bond acceptors (Lipinski definition) is 4. The molecule has 32 heavy (non-hydrogen) atoms. The molecule has 2 heterocycles. The molecule has 2 aromatic heterocycles. The Labute approximate surface area is 206 Å². The van der Waals surface area contributed by atoms with Crippen LogP contribution in [0.1, 0.15) is 21.9 Å². The van der Waals surface area contributed by atoms with Crippen LogP contribution in [-0.2, 0) is 13.2 Å². The molecule has 164 valence electrons. The summed E-state index contributed by atoms with van der Waals surface area (Å²) in [4.78, 5) is 12.5. The van der Waals surface area contributed by atoms with Gasteiger partial charge < -0.3 is 14.5 Å². The Balaban J connectivity index is 1.39. The first-order valence-electron chi connectivity index (χ1n) is 9.33. The standard InChI is InChI=1S/C22H15Cl2FIN3O3/c23-17-2-1-3-19(25)16(17)10-29-11-18(24)21(28-29)27-22(30)20-9-8-15(32-20)12-31-14-6-4-13(26)5-7-14/h1-9,11H,10,12H2,(H,27,28,30). The smallest absolute Gasteiger partial charge is 0.292 e. The van der Waals surface area contributed by atoms with E-state index in [1.807, 2.05) is 24.3 Å². The summed E-state index contributed by atoms with van der Waals surface area (Å²) >= 11 is 14.4. The summed E-state index contributed by atoms with van der Waals surface area (Å²) in [5, 5.41) is 7.26. The van der Waals surface area contributed by atoms with Crippen LogP contribution >= 0.6 is 45.8 Å². The average Bonchev–Trinajstić information content (AvgIpc) is 3.37. The molecule has 10 heteroatoms. The lowest BCUT2D eigenvalue weighted by molar-refractivity contribution is 0.0992. The quantitative estimate of drug-likeness (QED) is 0.255. The molecule has 0 spiro atoms. The summed E-state index contributed by atoms with van der Waals surface area (Å²) in [6.45, 7) is 0.231. The van der Waals surface area contributed by atoms with Gasteiger partial charge in [-0.05, 0) is 71.1 Å². The minimum atomic E-state index is -0.526. The maximum absolute atomic E-state index is 14.0. The Morgan fingerprint density at radius 2 is 1.91 bits per heavy atom. The third-order valence-corrected chi connectivity index (χ3v) is 5.76. The van der Waals surface area contributed by atoms with Crippen LogP contribution in [0.15, 0.2) is 65.2 Å². The number of halogens is 4. The SMILES string of the molecule is O=C(Nc1nn(Cc2c(F)cccc2Cl)cc1Cl)c1ccc(COc2ccc(I)cc2)o1. The summed E-state index contributed by atoms with van der Waals surface area (Å²) in [7, 11) is 0. The van der Waals surface area contributed by atoms with Crippen molar-refractivity contribution >= 4 is 57.5 Å². The first-order valence-corrected chi connectivity index (χ1v) is 11.2. The summed E-state index contributed by atoms with van der Waals surface area (Å²) in [6.07, 6.45) is 1.47. The minimum Gasteiger partial charge on any atom is -0.486 e. The number of nitrogens with one attached hydrogen (secondary N) is 1. The summed E-state index contributed by atoms with van der Waals surface area (Å²) in [6, 6.07) is 15.2. The third kappa shape index (κ3) is 5.43. The van der Waals surface area contributed by atoms with Crippen LogP contribution in [0.3, 0.4) is 0 Å². The van der Waals surface area contributed by atoms with Gasteiger partial charge in [-0.1, -0.05) is 29.3 Å². The highest BCUT2D eigenvalue weighted by Gasteiger charge is 2.17. The van der Waals surface area contributed by atoms with E-state index in [1.165, 1.54) is 29.1 Å². The van der Waals surface area contributed by atoms with E-state index in [0.717, 1.165) is 3.57 Å². The highest BCUT2D eigenvalue weighted by atomic mass is 127. The van der Waals surface area contributed by atoms with Crippen LogP contribution in [-0.4, -0.2) is 15.7 Å². The van der Waals surface area contributed by atoms with Gasteiger partial charge in [0.1, 0.15) is 29.0 Å². The van der Waals surface area contributed by atoms with Gasteiger partial charge in [-0.15, -0.1) is 0 Å². The zero-order chi connectivity index (χ0) is 22.7. The number of benzene rings is 2. The van der Waals surface area contributed by atoms with Crippen LogP contribution < -0.4 is 10.1 Å². The monoisotopic (exact) mass is 585 g/mol. The fraction of sp³-hybridized carbons (Fsp3) is 0.0909. The Bertz CT molecular complexity index is 1240. The predicted molar refractivity (Wildman–Crippen MR) is 128 cm³/mol. The third-order valence-electron chi connectivity index (χ3n) is 4.41. The highest BCUT2D eigenvalue weighted by Crippen LogP contribution is 2.24. The number of furan rings is 1. The molecule has 0 atom stereocenters. The lowest BCUT2D eigenvalue weighted by Crippen LogP contribution is -2.12. The number of aromatic nitrogens is 2. The first-order chi connectivity index (χ1) is 15.4. The van der Waals surface area contributed by atoms with Gasteiger partial charge in [0.05, 0.1) is 6.54 Å². The van der Waals surface area contributed by atoms with Crippen molar-refractivity contribution in [3.05, 3.63) is 97.3 Å². The van der Waals surface area contributed by atoms with Crippen molar-refractivity contribution in [2.75, 3.05) is 5.32 Å². The number of anilines is 1. The molecule has 0 bridgehead atoms. The molecule has 0 unspecified atom stereocenters. The van der Waals surface area contributed by atoms with E-state index in [9.17, 15) is 9.18 Å². The molecule has 0 aliphatic heterocycles. The zero-order valence-electron chi connectivity index (χ0n) is 16.3. The fourth-order valence-corrected chi connectivity index (χ4v) is 3.62. The molecule has 4 aromatic rings. The molecule has 0 saturated heterocycles. The molecule has 2 aromatic carbocycles. The normalized spacial score (nSPS) is 10.9. The molecule has 0 fully saturated rings. The van der Waals surface area contributed by atoms with E-state index >= 15 is 0 Å². The molecule has 6 nitrogen and oxygen atoms in total. The molecule has 0 radical (unpaired) electrons. The van der Waals surface area contributed by atoms with Crippen molar-refractivity contribution in [3.63, 3.8) is 0 Å². The van der Waals surface area contributed by atoms with E-state index in [1.54, 1.807) is 12.1 Å². The lowest BCUT2D eigenvalue weighted by Gasteiger charge is -2.06. The van der Waals surface area contributed by atoms with E-state index in [2.05, 4.69) is 33.0 Å². The lowest BCUT2D eigenvalue weighted by atomic mass is 10.2. The second kappa shape index (κ2) is 9.93. The summed E-state index contributed by atoms with van der Waals surface area (Å²) in [5.41, 5.74) is 0.273. The molecular weight excluding hydrogens is 571 g/mol. The number of ether oxygens (including phenoxy) is 1. The Morgan fingerprint density at radius 3 is 2.66 bits per heavy atom. The van der Waals surface area contributed by atoms with Gasteiger partial charge in [-0.25, -0.2) is 4.39 Å². The minimum absolute atomic E-state index is 0.0574. The van der Waals surface area contributed by atoms with E-state index in [0.29, 0.717) is 11.5 Å². The number of rotatable bonds is 7. The van der Waals surface area contributed by atoms with Gasteiger partial charge in [0.15, 0.2) is 11.6 Å². The van der Waals surface area contributed by atoms with Gasteiger partial charge in [0.25, 0.3) is 5.91 Å². The van der Waals surface area contributed by atoms with Gasteiger partial charge in [0, 0.05) is 20.4 Å². The van der Waals surface area contributed by atoms with E-state index < -0.39 is 11.7 Å². The number of hydrogen-bond donors (Lipinski definition) is 1. The highest BCUT2D eigenvalue weighted by molar-refractivity contribution is 14.1. The van der Waals surface area contributed by atoms with Crippen molar-refractivity contribution in [1.29, 1.82) is 0 Å². The predicted octanol–water partition coefficient (Wildman–Crippen LogP) is 6.41. The topological polar surface area (TPSA) is 69.3 Å². The van der Waals surface area contributed by atoms with Gasteiger partial charge in [-0.3, -0.25) is 9.48 Å². The Kier molecular flexibility index (Phi) is 7.02. The molecule has 1 N–H and O–H groups in total. The second-order valence-electron chi connectivity index (χ2n) is 6.69. The summed E-state index contributed by atoms with van der Waals surface area (Å²) in [5.74, 6) is 0.401. The maximum Gasteiger partial charge on any atom is 0.292 e. The van der Waals surface area contributed by atoms with Crippen LogP contribution in [0.2, 0.25) is 10.0 Å². The maximum atomic E-state index is 14.0. The average molecular weight is 586 g/mol. The van der Waals surface area contributed by atoms with Crippen LogP contribution in [0.5, 0.6) is 5.75 Å². The number of amides is 1. The van der Waals surface area contributed by atoms with Gasteiger partial charge in [0.2, 0.25) is 0 Å². The zero-order valence-corrected chi connectivity index (χ0v) is 20.0. The van der Waals surface area contributed by atoms with Crippen LogP contribution in [0, 0.1) is 9.39 Å². The summed E-state index contributed by atoms with van der Waals surface area (Å²) < 4.78 is 27.7. The van der Waals surface area contributed by atoms with Crippen molar-refractivity contribution in [1.82, 2.24) is 9.78 Å². The molecule has 0 saturated carbocycles. The van der Waals surface area contributed by atoms with Crippen LogP contribution in [0.25, 0.3) is 0 Å². The van der Waals surface area contributed by atoms with Crippen molar-refractivity contribution in [2.24, 2.45) is 0 Å². The molecule has 0 aliphatic rings.